The second-order valence-electron chi connectivity index (χ2n) is 5.65. The van der Waals surface area contributed by atoms with Gasteiger partial charge < -0.3 is 9.47 Å². The van der Waals surface area contributed by atoms with Crippen LogP contribution >= 0.6 is 15.9 Å². The summed E-state index contributed by atoms with van der Waals surface area (Å²) < 4.78 is 11.5. The minimum Gasteiger partial charge on any atom is -0.493 e. The van der Waals surface area contributed by atoms with Crippen molar-refractivity contribution in [3.63, 3.8) is 0 Å². The van der Waals surface area contributed by atoms with Crippen molar-refractivity contribution in [3.8, 4) is 28.8 Å². The fraction of sp³-hybridized carbons (Fsp3) is 0.105. The zero-order chi connectivity index (χ0) is 18.3. The highest BCUT2D eigenvalue weighted by Gasteiger charge is 2.16. The Bertz CT molecular complexity index is 1190. The van der Waals surface area contributed by atoms with E-state index in [9.17, 15) is 0 Å². The normalized spacial score (nSPS) is 10.8. The summed E-state index contributed by atoms with van der Waals surface area (Å²) in [6.45, 7) is 0. The van der Waals surface area contributed by atoms with E-state index in [1.54, 1.807) is 26.5 Å². The molecule has 7 heteroatoms. The topological polar surface area (TPSA) is 83.8 Å². The highest BCUT2D eigenvalue weighted by Crippen LogP contribution is 2.38. The van der Waals surface area contributed by atoms with Crippen molar-refractivity contribution in [2.75, 3.05) is 14.2 Å². The predicted octanol–water partition coefficient (Wildman–Crippen LogP) is 4.43. The molecule has 0 bridgehead atoms. The maximum Gasteiger partial charge on any atom is 0.162 e. The van der Waals surface area contributed by atoms with E-state index in [0.717, 1.165) is 37.5 Å². The van der Waals surface area contributed by atoms with Crippen LogP contribution in [0.2, 0.25) is 0 Å². The van der Waals surface area contributed by atoms with Crippen LogP contribution in [0, 0.1) is 11.3 Å². The zero-order valence-corrected chi connectivity index (χ0v) is 15.6. The van der Waals surface area contributed by atoms with Crippen LogP contribution in [0.4, 0.5) is 0 Å². The van der Waals surface area contributed by atoms with Crippen LogP contribution in [0.25, 0.3) is 33.1 Å². The molecule has 0 radical (unpaired) electrons. The molecule has 0 saturated carbocycles. The number of hydrogen-bond acceptors (Lipinski definition) is 5. The second kappa shape index (κ2) is 6.32. The number of aromatic amines is 1. The highest BCUT2D eigenvalue weighted by molar-refractivity contribution is 9.10. The molecular formula is C19H13BrN4O2. The van der Waals surface area contributed by atoms with Crippen molar-refractivity contribution < 1.29 is 9.47 Å². The largest absolute Gasteiger partial charge is 0.493 e. The Morgan fingerprint density at radius 1 is 1.12 bits per heavy atom. The first-order valence-electron chi connectivity index (χ1n) is 7.75. The molecule has 128 valence electrons. The van der Waals surface area contributed by atoms with Crippen LogP contribution in [-0.4, -0.2) is 29.4 Å². The summed E-state index contributed by atoms with van der Waals surface area (Å²) in [5.74, 6) is 1.25. The van der Waals surface area contributed by atoms with Crippen LogP contribution < -0.4 is 9.47 Å². The smallest absolute Gasteiger partial charge is 0.162 e. The quantitative estimate of drug-likeness (QED) is 0.541. The van der Waals surface area contributed by atoms with Gasteiger partial charge in [0.25, 0.3) is 0 Å². The second-order valence-corrected chi connectivity index (χ2v) is 6.50. The lowest BCUT2D eigenvalue weighted by molar-refractivity contribution is 0.356. The van der Waals surface area contributed by atoms with Gasteiger partial charge in [0.1, 0.15) is 11.8 Å². The number of nitrogens with zero attached hydrogens (tertiary/aromatic N) is 3. The molecule has 0 saturated heterocycles. The van der Waals surface area contributed by atoms with Gasteiger partial charge in [0.15, 0.2) is 11.5 Å². The molecule has 26 heavy (non-hydrogen) atoms. The molecule has 0 spiro atoms. The average molecular weight is 409 g/mol. The molecule has 4 aromatic rings. The van der Waals surface area contributed by atoms with Gasteiger partial charge in [-0.1, -0.05) is 6.07 Å². The van der Waals surface area contributed by atoms with Gasteiger partial charge in [-0.05, 0) is 34.1 Å². The number of nitriles is 1. The van der Waals surface area contributed by atoms with Crippen molar-refractivity contribution in [2.24, 2.45) is 0 Å². The summed E-state index contributed by atoms with van der Waals surface area (Å²) in [4.78, 5) is 4.49. The van der Waals surface area contributed by atoms with Gasteiger partial charge in [-0.2, -0.15) is 10.4 Å². The fourth-order valence-electron chi connectivity index (χ4n) is 2.99. The van der Waals surface area contributed by atoms with Gasteiger partial charge in [0, 0.05) is 26.9 Å². The molecule has 0 fully saturated rings. The first-order chi connectivity index (χ1) is 12.7. The predicted molar refractivity (Wildman–Crippen MR) is 102 cm³/mol. The van der Waals surface area contributed by atoms with E-state index in [1.165, 1.54) is 0 Å². The lowest BCUT2D eigenvalue weighted by atomic mass is 10.0. The SMILES string of the molecule is COc1cc2ncc3[nH]nc(-c4ccc(C#N)c(Br)c4)c3c2cc1OC. The Hall–Kier alpha value is -3.11. The Morgan fingerprint density at radius 3 is 2.58 bits per heavy atom. The van der Waals surface area contributed by atoms with Crippen molar-refractivity contribution >= 4 is 37.7 Å². The van der Waals surface area contributed by atoms with Crippen LogP contribution in [0.15, 0.2) is 41.0 Å². The molecule has 0 unspecified atom stereocenters. The van der Waals surface area contributed by atoms with Crippen LogP contribution in [0.3, 0.4) is 0 Å². The molecule has 0 aliphatic heterocycles. The van der Waals surface area contributed by atoms with Gasteiger partial charge in [-0.3, -0.25) is 10.1 Å². The molecule has 6 nitrogen and oxygen atoms in total. The summed E-state index contributed by atoms with van der Waals surface area (Å²) >= 11 is 3.44. The zero-order valence-electron chi connectivity index (χ0n) is 14.0. The number of H-pyrrole nitrogens is 1. The minimum atomic E-state index is 0.575. The minimum absolute atomic E-state index is 0.575. The molecule has 0 aliphatic rings. The van der Waals surface area contributed by atoms with E-state index in [4.69, 9.17) is 14.7 Å². The van der Waals surface area contributed by atoms with Crippen LogP contribution in [0.5, 0.6) is 11.5 Å². The van der Waals surface area contributed by atoms with E-state index < -0.39 is 0 Å². The van der Waals surface area contributed by atoms with E-state index in [1.807, 2.05) is 24.3 Å². The van der Waals surface area contributed by atoms with E-state index in [-0.39, 0.29) is 0 Å². The van der Waals surface area contributed by atoms with Gasteiger partial charge in [0.05, 0.1) is 37.0 Å². The van der Waals surface area contributed by atoms with Gasteiger partial charge in [-0.15, -0.1) is 0 Å². The first kappa shape index (κ1) is 16.4. The van der Waals surface area contributed by atoms with Crippen LogP contribution in [-0.2, 0) is 0 Å². The number of fused-ring (bicyclic) bond motifs is 3. The van der Waals surface area contributed by atoms with Crippen LogP contribution in [0.1, 0.15) is 5.56 Å². The number of nitrogens with one attached hydrogen (secondary N) is 1. The fourth-order valence-corrected chi connectivity index (χ4v) is 3.46. The summed E-state index contributed by atoms with van der Waals surface area (Å²) in [6, 6.07) is 11.4. The summed E-state index contributed by atoms with van der Waals surface area (Å²) in [5, 5.41) is 18.5. The first-order valence-corrected chi connectivity index (χ1v) is 8.54. The lowest BCUT2D eigenvalue weighted by Crippen LogP contribution is -1.92. The monoisotopic (exact) mass is 408 g/mol. The number of hydrogen-bond donors (Lipinski definition) is 1. The van der Waals surface area contributed by atoms with Crippen molar-refractivity contribution in [2.45, 2.75) is 0 Å². The Kier molecular flexibility index (Phi) is 3.98. The number of rotatable bonds is 3. The number of halogens is 1. The Labute approximate surface area is 157 Å². The molecule has 2 heterocycles. The summed E-state index contributed by atoms with van der Waals surface area (Å²) in [7, 11) is 3.20. The maximum atomic E-state index is 9.12. The summed E-state index contributed by atoms with van der Waals surface area (Å²) in [6.07, 6.45) is 1.75. The number of aromatic nitrogens is 3. The molecule has 0 amide bonds. The lowest BCUT2D eigenvalue weighted by Gasteiger charge is -2.10. The number of ether oxygens (including phenoxy) is 2. The van der Waals surface area contributed by atoms with Gasteiger partial charge in [0.2, 0.25) is 0 Å². The van der Waals surface area contributed by atoms with Crippen molar-refractivity contribution in [1.29, 1.82) is 5.26 Å². The number of methoxy groups -OCH3 is 2. The van der Waals surface area contributed by atoms with Crippen molar-refractivity contribution in [1.82, 2.24) is 15.2 Å². The molecular weight excluding hydrogens is 396 g/mol. The van der Waals surface area contributed by atoms with Crippen molar-refractivity contribution in [3.05, 3.63) is 46.6 Å². The average Bonchev–Trinajstić information content (AvgIpc) is 3.11. The summed E-state index contributed by atoms with van der Waals surface area (Å²) in [5.41, 5.74) is 3.85. The number of benzene rings is 2. The highest BCUT2D eigenvalue weighted by atomic mass is 79.9. The molecule has 4 rings (SSSR count). The third-order valence-corrected chi connectivity index (χ3v) is 4.92. The third-order valence-electron chi connectivity index (χ3n) is 4.26. The van der Waals surface area contributed by atoms with E-state index >= 15 is 0 Å². The Balaban J connectivity index is 2.04. The molecule has 0 atom stereocenters. The maximum absolute atomic E-state index is 9.12. The van der Waals surface area contributed by atoms with E-state index in [2.05, 4.69) is 37.2 Å². The standard InChI is InChI=1S/C19H13BrN4O2/c1-25-16-6-12-14(7-17(16)26-2)22-9-15-18(12)19(24-23-15)10-3-4-11(8-21)13(20)5-10/h3-7,9H,1-2H3,(H,23,24). The molecule has 2 aromatic heterocycles. The molecule has 0 aliphatic carbocycles. The third kappa shape index (κ3) is 2.47. The molecule has 1 N–H and O–H groups in total. The Morgan fingerprint density at radius 2 is 1.88 bits per heavy atom. The van der Waals surface area contributed by atoms with E-state index in [0.29, 0.717) is 17.1 Å². The van der Waals surface area contributed by atoms with Gasteiger partial charge >= 0.3 is 0 Å². The number of pyridine rings is 1. The van der Waals surface area contributed by atoms with Gasteiger partial charge in [-0.25, -0.2) is 0 Å². The molecule has 2 aromatic carbocycles.